The van der Waals surface area contributed by atoms with Gasteiger partial charge in [0.25, 0.3) is 0 Å². The first-order valence-electron chi connectivity index (χ1n) is 6.63. The summed E-state index contributed by atoms with van der Waals surface area (Å²) in [6.07, 6.45) is 1.84. The molecule has 0 bridgehead atoms. The number of benzene rings is 1. The second-order valence-electron chi connectivity index (χ2n) is 5.70. The van der Waals surface area contributed by atoms with E-state index >= 15 is 0 Å². The molecule has 0 fully saturated rings. The van der Waals surface area contributed by atoms with Gasteiger partial charge in [-0.3, -0.25) is 0 Å². The maximum absolute atomic E-state index is 4.35. The molecule has 4 heteroatoms. The van der Waals surface area contributed by atoms with Gasteiger partial charge in [-0.1, -0.05) is 52.0 Å². The third-order valence-electron chi connectivity index (χ3n) is 3.19. The van der Waals surface area contributed by atoms with Crippen molar-refractivity contribution in [2.45, 2.75) is 39.2 Å². The Kier molecular flexibility index (Phi) is 4.32. The van der Waals surface area contributed by atoms with E-state index in [1.807, 2.05) is 6.20 Å². The first-order chi connectivity index (χ1) is 9.02. The van der Waals surface area contributed by atoms with Crippen LogP contribution in [-0.4, -0.2) is 15.3 Å². The van der Waals surface area contributed by atoms with Crippen LogP contribution in [0.4, 0.5) is 0 Å². The van der Waals surface area contributed by atoms with Crippen molar-refractivity contribution in [2.24, 2.45) is 0 Å². The summed E-state index contributed by atoms with van der Waals surface area (Å²) in [5.74, 6) is 0. The summed E-state index contributed by atoms with van der Waals surface area (Å²) in [6.45, 7) is 9.70. The van der Waals surface area contributed by atoms with Gasteiger partial charge in [-0.25, -0.2) is 0 Å². The highest BCUT2D eigenvalue weighted by molar-refractivity contribution is 6.99. The van der Waals surface area contributed by atoms with Gasteiger partial charge in [-0.05, 0) is 23.1 Å². The SMILES string of the molecule is CCNC(c1ccc(C(C)(C)C)cc1)c1cnsn1. The summed E-state index contributed by atoms with van der Waals surface area (Å²) >= 11 is 1.26. The van der Waals surface area contributed by atoms with Gasteiger partial charge < -0.3 is 5.32 Å². The molecule has 3 nitrogen and oxygen atoms in total. The Morgan fingerprint density at radius 3 is 2.37 bits per heavy atom. The molecule has 0 amide bonds. The van der Waals surface area contributed by atoms with E-state index in [0.29, 0.717) is 0 Å². The van der Waals surface area contributed by atoms with Gasteiger partial charge in [-0.15, -0.1) is 0 Å². The van der Waals surface area contributed by atoms with Crippen LogP contribution in [0.5, 0.6) is 0 Å². The minimum Gasteiger partial charge on any atom is -0.305 e. The van der Waals surface area contributed by atoms with Crippen LogP contribution in [0.25, 0.3) is 0 Å². The van der Waals surface area contributed by atoms with E-state index in [1.165, 1.54) is 22.9 Å². The first-order valence-corrected chi connectivity index (χ1v) is 7.36. The number of nitrogens with zero attached hydrogens (tertiary/aromatic N) is 2. The third kappa shape index (κ3) is 3.39. The number of rotatable bonds is 4. The predicted octanol–water partition coefficient (Wildman–Crippen LogP) is 3.53. The number of aromatic nitrogens is 2. The summed E-state index contributed by atoms with van der Waals surface area (Å²) in [4.78, 5) is 0. The van der Waals surface area contributed by atoms with E-state index in [1.54, 1.807) is 0 Å². The van der Waals surface area contributed by atoms with E-state index in [-0.39, 0.29) is 11.5 Å². The number of hydrogen-bond donors (Lipinski definition) is 1. The fourth-order valence-corrected chi connectivity index (χ4v) is 2.52. The Morgan fingerprint density at radius 2 is 1.89 bits per heavy atom. The standard InChI is InChI=1S/C15H21N3S/c1-5-16-14(13-10-17-19-18-13)11-6-8-12(9-7-11)15(2,3)4/h6-10,14,16H,5H2,1-4H3. The molecule has 2 aromatic rings. The molecule has 0 saturated carbocycles. The Morgan fingerprint density at radius 1 is 1.21 bits per heavy atom. The summed E-state index contributed by atoms with van der Waals surface area (Å²) in [5.41, 5.74) is 3.77. The van der Waals surface area contributed by atoms with Crippen LogP contribution in [0.1, 0.15) is 50.6 Å². The maximum Gasteiger partial charge on any atom is 0.0957 e. The molecule has 1 atom stereocenters. The van der Waals surface area contributed by atoms with Crippen molar-refractivity contribution in [1.29, 1.82) is 0 Å². The molecule has 1 aromatic heterocycles. The molecule has 0 aliphatic heterocycles. The summed E-state index contributed by atoms with van der Waals surface area (Å²) in [6, 6.07) is 8.93. The lowest BCUT2D eigenvalue weighted by Gasteiger charge is -2.21. The Labute approximate surface area is 119 Å². The molecule has 1 aromatic carbocycles. The van der Waals surface area contributed by atoms with Crippen LogP contribution in [-0.2, 0) is 5.41 Å². The molecular weight excluding hydrogens is 254 g/mol. The molecule has 2 rings (SSSR count). The van der Waals surface area contributed by atoms with Crippen molar-refractivity contribution in [3.05, 3.63) is 47.3 Å². The van der Waals surface area contributed by atoms with Crippen LogP contribution < -0.4 is 5.32 Å². The Bertz CT molecular complexity index is 497. The van der Waals surface area contributed by atoms with E-state index in [2.05, 4.69) is 66.0 Å². The van der Waals surface area contributed by atoms with Crippen molar-refractivity contribution in [1.82, 2.24) is 14.1 Å². The zero-order valence-corrected chi connectivity index (χ0v) is 12.8. The lowest BCUT2D eigenvalue weighted by molar-refractivity contribution is 0.587. The van der Waals surface area contributed by atoms with Gasteiger partial charge in [0.15, 0.2) is 0 Å². The van der Waals surface area contributed by atoms with E-state index in [9.17, 15) is 0 Å². The van der Waals surface area contributed by atoms with Crippen molar-refractivity contribution >= 4 is 11.7 Å². The third-order valence-corrected chi connectivity index (χ3v) is 3.68. The largest absolute Gasteiger partial charge is 0.305 e. The minimum atomic E-state index is 0.137. The monoisotopic (exact) mass is 275 g/mol. The highest BCUT2D eigenvalue weighted by atomic mass is 32.1. The van der Waals surface area contributed by atoms with Gasteiger partial charge in [-0.2, -0.15) is 8.75 Å². The molecule has 0 aliphatic rings. The number of nitrogens with one attached hydrogen (secondary N) is 1. The van der Waals surface area contributed by atoms with Gasteiger partial charge in [0.1, 0.15) is 0 Å². The molecule has 1 heterocycles. The molecule has 0 spiro atoms. The van der Waals surface area contributed by atoms with Crippen LogP contribution in [0.15, 0.2) is 30.5 Å². The molecule has 1 N–H and O–H groups in total. The summed E-state index contributed by atoms with van der Waals surface area (Å²) in [7, 11) is 0. The molecular formula is C15H21N3S. The van der Waals surface area contributed by atoms with Crippen LogP contribution >= 0.6 is 11.7 Å². The Balaban J connectivity index is 2.28. The average Bonchev–Trinajstić information content (AvgIpc) is 2.89. The molecule has 102 valence electrons. The van der Waals surface area contributed by atoms with Crippen LogP contribution in [0.3, 0.4) is 0 Å². The van der Waals surface area contributed by atoms with E-state index in [0.717, 1.165) is 12.2 Å². The van der Waals surface area contributed by atoms with Crippen molar-refractivity contribution < 1.29 is 0 Å². The van der Waals surface area contributed by atoms with Gasteiger partial charge in [0.2, 0.25) is 0 Å². The molecule has 0 saturated heterocycles. The van der Waals surface area contributed by atoms with Crippen LogP contribution in [0, 0.1) is 0 Å². The molecule has 0 aliphatic carbocycles. The van der Waals surface area contributed by atoms with E-state index < -0.39 is 0 Å². The fourth-order valence-electron chi connectivity index (χ4n) is 2.07. The number of hydrogen-bond acceptors (Lipinski definition) is 4. The summed E-state index contributed by atoms with van der Waals surface area (Å²) in [5, 5.41) is 3.46. The second-order valence-corrected chi connectivity index (χ2v) is 6.25. The lowest BCUT2D eigenvalue weighted by Crippen LogP contribution is -2.22. The maximum atomic E-state index is 4.35. The van der Waals surface area contributed by atoms with Gasteiger partial charge >= 0.3 is 0 Å². The highest BCUT2D eigenvalue weighted by Gasteiger charge is 2.17. The molecule has 0 radical (unpaired) electrons. The second kappa shape index (κ2) is 5.80. The van der Waals surface area contributed by atoms with E-state index in [4.69, 9.17) is 0 Å². The topological polar surface area (TPSA) is 37.8 Å². The van der Waals surface area contributed by atoms with Gasteiger partial charge in [0, 0.05) is 0 Å². The van der Waals surface area contributed by atoms with Crippen molar-refractivity contribution in [3.8, 4) is 0 Å². The van der Waals surface area contributed by atoms with Crippen molar-refractivity contribution in [2.75, 3.05) is 6.54 Å². The zero-order valence-electron chi connectivity index (χ0n) is 12.0. The minimum absolute atomic E-state index is 0.137. The molecule has 19 heavy (non-hydrogen) atoms. The smallest absolute Gasteiger partial charge is 0.0957 e. The zero-order chi connectivity index (χ0) is 13.9. The van der Waals surface area contributed by atoms with Crippen molar-refractivity contribution in [3.63, 3.8) is 0 Å². The Hall–Kier alpha value is -1.26. The highest BCUT2D eigenvalue weighted by Crippen LogP contribution is 2.26. The summed E-state index contributed by atoms with van der Waals surface area (Å²) < 4.78 is 8.45. The molecule has 1 unspecified atom stereocenters. The van der Waals surface area contributed by atoms with Crippen LogP contribution in [0.2, 0.25) is 0 Å². The predicted molar refractivity (Wildman–Crippen MR) is 80.6 cm³/mol. The fraction of sp³-hybridized carbons (Fsp3) is 0.467. The average molecular weight is 275 g/mol. The lowest BCUT2D eigenvalue weighted by atomic mass is 9.86. The first kappa shape index (κ1) is 14.2. The van der Waals surface area contributed by atoms with Gasteiger partial charge in [0.05, 0.1) is 29.7 Å². The quantitative estimate of drug-likeness (QED) is 0.927. The normalized spacial score (nSPS) is 13.5.